The summed E-state index contributed by atoms with van der Waals surface area (Å²) in [4.78, 5) is 38.1. The fourth-order valence-electron chi connectivity index (χ4n) is 7.79. The van der Waals surface area contributed by atoms with E-state index in [1.165, 1.54) is 25.7 Å². The maximum atomic E-state index is 12.8. The molecule has 6 heteroatoms. The van der Waals surface area contributed by atoms with E-state index in [1.807, 2.05) is 0 Å². The average Bonchev–Trinajstić information content (AvgIpc) is 3.45. The van der Waals surface area contributed by atoms with Crippen LogP contribution in [0.2, 0.25) is 0 Å². The maximum absolute atomic E-state index is 12.8. The molecule has 0 aliphatic rings. The molecule has 0 amide bonds. The first-order valence-electron chi connectivity index (χ1n) is 31.3. The summed E-state index contributed by atoms with van der Waals surface area (Å²) in [6.07, 6.45) is 97.7. The highest BCUT2D eigenvalue weighted by atomic mass is 16.6. The van der Waals surface area contributed by atoms with Crippen LogP contribution in [0.1, 0.15) is 239 Å². The molecule has 0 aliphatic heterocycles. The van der Waals surface area contributed by atoms with Crippen LogP contribution in [0.3, 0.4) is 0 Å². The van der Waals surface area contributed by atoms with Gasteiger partial charge in [0.15, 0.2) is 6.10 Å². The molecule has 0 N–H and O–H groups in total. The number of hydrogen-bond donors (Lipinski definition) is 0. The van der Waals surface area contributed by atoms with Gasteiger partial charge >= 0.3 is 17.9 Å². The van der Waals surface area contributed by atoms with E-state index in [2.05, 4.69) is 203 Å². The minimum atomic E-state index is -0.815. The molecule has 0 bridgehead atoms. The van der Waals surface area contributed by atoms with Crippen LogP contribution in [0.4, 0.5) is 0 Å². The summed E-state index contributed by atoms with van der Waals surface area (Å²) in [6, 6.07) is 0. The minimum absolute atomic E-state index is 0.108. The molecule has 0 aromatic carbocycles. The van der Waals surface area contributed by atoms with Gasteiger partial charge in [0.1, 0.15) is 13.2 Å². The molecular weight excluding hydrogens is 973 g/mol. The second-order valence-electron chi connectivity index (χ2n) is 19.9. The first-order chi connectivity index (χ1) is 39.0. The average molecular weight is 1090 g/mol. The van der Waals surface area contributed by atoms with E-state index in [1.54, 1.807) is 0 Å². The lowest BCUT2D eigenvalue weighted by Gasteiger charge is -2.18. The zero-order valence-corrected chi connectivity index (χ0v) is 50.3. The first kappa shape index (κ1) is 73.5. The Labute approximate surface area is 484 Å². The predicted octanol–water partition coefficient (Wildman–Crippen LogP) is 21.7. The normalized spacial score (nSPS) is 13.4. The Morgan fingerprint density at radius 2 is 0.494 bits per heavy atom. The highest BCUT2D eigenvalue weighted by Gasteiger charge is 2.19. The zero-order valence-electron chi connectivity index (χ0n) is 50.3. The van der Waals surface area contributed by atoms with Crippen molar-refractivity contribution >= 4 is 17.9 Å². The van der Waals surface area contributed by atoms with Crippen molar-refractivity contribution in [2.24, 2.45) is 0 Å². The van der Waals surface area contributed by atoms with Gasteiger partial charge in [-0.2, -0.15) is 0 Å². The standard InChI is InChI=1S/C73H112O6/c1-4-7-10-13-16-18-20-22-24-26-28-30-32-34-35-36-37-39-40-42-44-46-48-50-52-54-57-60-63-66-72(75)78-69-70(68-77-71(74)65-62-59-56-15-12-9-6-3)79-73(76)67-64-61-58-55-53-51-49-47-45-43-41-38-33-31-29-27-25-23-21-19-17-14-11-8-5-2/h7-8,10-11,16-19,22-25,28-31,34-35,37-39,41-42,44-45,47-48,50-51,53,70H,4-6,9,12-15,20-21,26-27,32-33,36,40,43,46,49,52,54-69H2,1-3H3/b10-7-,11-8-,18-16-,19-17-,24-22-,25-23-,30-28-,31-29-,35-34-,39-37-,41-38-,44-42-,47-45-,50-48-,53-51-. The number of hydrogen-bond acceptors (Lipinski definition) is 6. The number of allylic oxidation sites excluding steroid dienone is 30. The van der Waals surface area contributed by atoms with Gasteiger partial charge in [-0.3, -0.25) is 14.4 Å². The van der Waals surface area contributed by atoms with Gasteiger partial charge in [0.05, 0.1) is 0 Å². The van der Waals surface area contributed by atoms with Crippen molar-refractivity contribution in [1.29, 1.82) is 0 Å². The number of esters is 3. The van der Waals surface area contributed by atoms with Crippen LogP contribution in [0.5, 0.6) is 0 Å². The highest BCUT2D eigenvalue weighted by molar-refractivity contribution is 5.71. The van der Waals surface area contributed by atoms with E-state index in [0.29, 0.717) is 19.3 Å². The van der Waals surface area contributed by atoms with E-state index in [9.17, 15) is 14.4 Å². The summed E-state index contributed by atoms with van der Waals surface area (Å²) in [6.45, 7) is 6.30. The number of carbonyl (C=O) groups is 3. The Hall–Kier alpha value is -5.49. The SMILES string of the molecule is CC/C=C\C/C=C\C/C=C\C/C=C\C/C=C\C/C=C\C/C=C\C/C=C\CCCCCCC(=O)OCC(COC(=O)CCCCCCCCC)OC(=O)CCCCC/C=C\C/C=C\C/C=C\C/C=C\C/C=C\C/C=C\C/C=C\CC. The van der Waals surface area contributed by atoms with Crippen LogP contribution in [0.15, 0.2) is 182 Å². The Morgan fingerprint density at radius 1 is 0.266 bits per heavy atom. The van der Waals surface area contributed by atoms with Crippen molar-refractivity contribution in [3.63, 3.8) is 0 Å². The molecule has 1 atom stereocenters. The van der Waals surface area contributed by atoms with Gasteiger partial charge < -0.3 is 14.2 Å². The first-order valence-corrected chi connectivity index (χ1v) is 31.3. The van der Waals surface area contributed by atoms with Crippen molar-refractivity contribution in [1.82, 2.24) is 0 Å². The third-order valence-corrected chi connectivity index (χ3v) is 12.4. The Bertz CT molecular complexity index is 1870. The van der Waals surface area contributed by atoms with Crippen molar-refractivity contribution in [3.8, 4) is 0 Å². The summed E-state index contributed by atoms with van der Waals surface area (Å²) in [5.74, 6) is -0.985. The Morgan fingerprint density at radius 3 is 0.785 bits per heavy atom. The molecule has 0 aromatic heterocycles. The molecule has 0 fully saturated rings. The van der Waals surface area contributed by atoms with Gasteiger partial charge in [-0.25, -0.2) is 0 Å². The van der Waals surface area contributed by atoms with Crippen LogP contribution >= 0.6 is 0 Å². The molecule has 0 saturated heterocycles. The lowest BCUT2D eigenvalue weighted by atomic mass is 10.1. The van der Waals surface area contributed by atoms with Gasteiger partial charge in [-0.1, -0.05) is 261 Å². The summed E-state index contributed by atoms with van der Waals surface area (Å²) in [5, 5.41) is 0. The molecule has 0 spiro atoms. The van der Waals surface area contributed by atoms with Crippen LogP contribution < -0.4 is 0 Å². The Balaban J connectivity index is 4.34. The molecule has 0 aliphatic carbocycles. The zero-order chi connectivity index (χ0) is 57.1. The van der Waals surface area contributed by atoms with E-state index in [-0.39, 0.29) is 37.5 Å². The second kappa shape index (κ2) is 65.0. The summed E-state index contributed by atoms with van der Waals surface area (Å²) in [5.41, 5.74) is 0. The minimum Gasteiger partial charge on any atom is -0.462 e. The fourth-order valence-corrected chi connectivity index (χ4v) is 7.79. The quantitative estimate of drug-likeness (QED) is 0.0261. The second-order valence-corrected chi connectivity index (χ2v) is 19.9. The summed E-state index contributed by atoms with van der Waals surface area (Å²) in [7, 11) is 0. The third kappa shape index (κ3) is 63.2. The van der Waals surface area contributed by atoms with Gasteiger partial charge in [-0.15, -0.1) is 0 Å². The van der Waals surface area contributed by atoms with Crippen LogP contribution in [0, 0.1) is 0 Å². The molecule has 0 rings (SSSR count). The fraction of sp³-hybridized carbons (Fsp3) is 0.548. The predicted molar refractivity (Wildman–Crippen MR) is 343 cm³/mol. The Kier molecular flexibility index (Phi) is 60.5. The lowest BCUT2D eigenvalue weighted by Crippen LogP contribution is -2.30. The highest BCUT2D eigenvalue weighted by Crippen LogP contribution is 2.12. The largest absolute Gasteiger partial charge is 0.462 e. The number of carbonyl (C=O) groups excluding carboxylic acids is 3. The van der Waals surface area contributed by atoms with E-state index in [0.717, 1.165) is 167 Å². The maximum Gasteiger partial charge on any atom is 0.306 e. The van der Waals surface area contributed by atoms with Crippen molar-refractivity contribution in [2.75, 3.05) is 13.2 Å². The molecule has 440 valence electrons. The van der Waals surface area contributed by atoms with E-state index in [4.69, 9.17) is 14.2 Å². The molecule has 1 unspecified atom stereocenters. The van der Waals surface area contributed by atoms with Crippen molar-refractivity contribution < 1.29 is 28.6 Å². The topological polar surface area (TPSA) is 78.9 Å². The monoisotopic (exact) mass is 1080 g/mol. The van der Waals surface area contributed by atoms with Gasteiger partial charge in [0.2, 0.25) is 0 Å². The number of unbranched alkanes of at least 4 members (excludes halogenated alkanes) is 13. The molecule has 0 saturated carbocycles. The van der Waals surface area contributed by atoms with Crippen LogP contribution in [0.25, 0.3) is 0 Å². The number of ether oxygens (including phenoxy) is 3. The molecule has 6 nitrogen and oxygen atoms in total. The summed E-state index contributed by atoms with van der Waals surface area (Å²) >= 11 is 0. The molecule has 0 aromatic rings. The molecular formula is C73H112O6. The lowest BCUT2D eigenvalue weighted by molar-refractivity contribution is -0.167. The molecule has 0 radical (unpaired) electrons. The third-order valence-electron chi connectivity index (χ3n) is 12.4. The van der Waals surface area contributed by atoms with E-state index < -0.39 is 6.10 Å². The van der Waals surface area contributed by atoms with E-state index >= 15 is 0 Å². The van der Waals surface area contributed by atoms with Crippen molar-refractivity contribution in [3.05, 3.63) is 182 Å². The molecule has 0 heterocycles. The smallest absolute Gasteiger partial charge is 0.306 e. The van der Waals surface area contributed by atoms with Crippen LogP contribution in [-0.2, 0) is 28.6 Å². The van der Waals surface area contributed by atoms with Gasteiger partial charge in [0.25, 0.3) is 0 Å². The van der Waals surface area contributed by atoms with Gasteiger partial charge in [0, 0.05) is 19.3 Å². The van der Waals surface area contributed by atoms with Crippen LogP contribution in [-0.4, -0.2) is 37.2 Å². The van der Waals surface area contributed by atoms with Crippen molar-refractivity contribution in [2.45, 2.75) is 245 Å². The summed E-state index contributed by atoms with van der Waals surface area (Å²) < 4.78 is 16.8. The molecule has 79 heavy (non-hydrogen) atoms. The van der Waals surface area contributed by atoms with Gasteiger partial charge in [-0.05, 0) is 141 Å². The number of rotatable bonds is 54.